The molecule has 0 bridgehead atoms. The molecule has 1 atom stereocenters. The zero-order chi connectivity index (χ0) is 29.6. The van der Waals surface area contributed by atoms with Crippen molar-refractivity contribution in [1.29, 1.82) is 0 Å². The van der Waals surface area contributed by atoms with E-state index in [-0.39, 0.29) is 11.8 Å². The molecule has 10 heteroatoms. The van der Waals surface area contributed by atoms with E-state index < -0.39 is 12.1 Å². The number of methoxy groups -OCH3 is 1. The smallest absolute Gasteiger partial charge is 0.323 e. The van der Waals surface area contributed by atoms with Crippen molar-refractivity contribution in [1.82, 2.24) is 25.9 Å². The van der Waals surface area contributed by atoms with E-state index in [1.165, 1.54) is 6.42 Å². The molecule has 218 valence electrons. The third-order valence-corrected chi connectivity index (χ3v) is 7.90. The molecule has 5 rings (SSSR count). The number of hydrogen-bond acceptors (Lipinski definition) is 6. The second-order valence-corrected chi connectivity index (χ2v) is 11.0. The number of aromatic nitrogens is 4. The molecule has 0 radical (unpaired) electrons. The Hall–Kier alpha value is -4.73. The van der Waals surface area contributed by atoms with E-state index >= 15 is 0 Å². The van der Waals surface area contributed by atoms with Crippen molar-refractivity contribution in [3.63, 3.8) is 0 Å². The van der Waals surface area contributed by atoms with Gasteiger partial charge in [-0.25, -0.2) is 4.79 Å². The van der Waals surface area contributed by atoms with E-state index in [2.05, 4.69) is 36.6 Å². The quantitative estimate of drug-likeness (QED) is 0.192. The lowest BCUT2D eigenvalue weighted by molar-refractivity contribution is 0.0910. The maximum absolute atomic E-state index is 13.8. The second-order valence-electron chi connectivity index (χ2n) is 11.0. The fraction of sp³-hybridized carbons (Fsp3) is 0.344. The minimum atomic E-state index is -0.437. The van der Waals surface area contributed by atoms with E-state index in [9.17, 15) is 9.59 Å². The SMILES string of the molecule is COc1ccc(-c2ccc(C(=O)N[C@H](c3nn[nH]n3)C3CCCCC3)c(NC(=O)Nc3c(C)cc(C)cc3C)c2)cc1. The number of amides is 3. The number of benzene rings is 3. The van der Waals surface area contributed by atoms with Gasteiger partial charge in [0.2, 0.25) is 0 Å². The number of nitrogens with zero attached hydrogens (tertiary/aromatic N) is 3. The van der Waals surface area contributed by atoms with Crippen LogP contribution < -0.4 is 20.7 Å². The number of carbonyl (C=O) groups is 2. The molecule has 3 aromatic carbocycles. The van der Waals surface area contributed by atoms with Crippen LogP contribution in [0.4, 0.5) is 16.2 Å². The number of carbonyl (C=O) groups excluding carboxylic acids is 2. The van der Waals surface area contributed by atoms with Gasteiger partial charge in [-0.1, -0.05) is 60.4 Å². The number of nitrogens with one attached hydrogen (secondary N) is 4. The van der Waals surface area contributed by atoms with Gasteiger partial charge < -0.3 is 20.7 Å². The molecular formula is C32H37N7O3. The van der Waals surface area contributed by atoms with Gasteiger partial charge in [-0.05, 0) is 86.1 Å². The van der Waals surface area contributed by atoms with Crippen molar-refractivity contribution in [2.75, 3.05) is 17.7 Å². The second kappa shape index (κ2) is 12.8. The Kier molecular flexibility index (Phi) is 8.80. The van der Waals surface area contributed by atoms with Crippen LogP contribution in [0.1, 0.15) is 71.0 Å². The van der Waals surface area contributed by atoms with E-state index in [1.54, 1.807) is 13.2 Å². The first-order valence-corrected chi connectivity index (χ1v) is 14.3. The zero-order valence-corrected chi connectivity index (χ0v) is 24.5. The first-order chi connectivity index (χ1) is 20.3. The number of ether oxygens (including phenoxy) is 1. The molecule has 3 amide bonds. The molecule has 10 nitrogen and oxygen atoms in total. The van der Waals surface area contributed by atoms with Crippen molar-refractivity contribution < 1.29 is 14.3 Å². The summed E-state index contributed by atoms with van der Waals surface area (Å²) in [5.74, 6) is 1.08. The fourth-order valence-corrected chi connectivity index (χ4v) is 5.83. The summed E-state index contributed by atoms with van der Waals surface area (Å²) in [5, 5.41) is 23.7. The van der Waals surface area contributed by atoms with Crippen molar-refractivity contribution in [3.8, 4) is 16.9 Å². The van der Waals surface area contributed by atoms with Crippen molar-refractivity contribution in [2.45, 2.75) is 58.9 Å². The van der Waals surface area contributed by atoms with Crippen molar-refractivity contribution in [2.24, 2.45) is 5.92 Å². The molecule has 1 saturated carbocycles. The number of rotatable bonds is 8. The van der Waals surface area contributed by atoms with Crippen LogP contribution in [0.5, 0.6) is 5.75 Å². The lowest BCUT2D eigenvalue weighted by Crippen LogP contribution is -2.36. The topological polar surface area (TPSA) is 134 Å². The van der Waals surface area contributed by atoms with Crippen LogP contribution in [-0.2, 0) is 0 Å². The Morgan fingerprint density at radius 3 is 2.24 bits per heavy atom. The van der Waals surface area contributed by atoms with Crippen LogP contribution in [0.3, 0.4) is 0 Å². The van der Waals surface area contributed by atoms with E-state index in [1.807, 2.05) is 69.3 Å². The molecule has 0 saturated heterocycles. The number of urea groups is 1. The third-order valence-electron chi connectivity index (χ3n) is 7.90. The highest BCUT2D eigenvalue weighted by molar-refractivity contribution is 6.07. The largest absolute Gasteiger partial charge is 0.497 e. The van der Waals surface area contributed by atoms with Gasteiger partial charge in [0.15, 0.2) is 5.82 Å². The molecule has 1 aliphatic rings. The summed E-state index contributed by atoms with van der Waals surface area (Å²) in [6.07, 6.45) is 5.31. The summed E-state index contributed by atoms with van der Waals surface area (Å²) in [7, 11) is 1.62. The zero-order valence-electron chi connectivity index (χ0n) is 24.5. The Morgan fingerprint density at radius 1 is 0.905 bits per heavy atom. The molecule has 0 aliphatic heterocycles. The number of anilines is 2. The standard InChI is InChI=1S/C32H37N7O3/c1-19-16-20(2)28(21(3)17-19)35-32(41)33-27-18-24(22-10-13-25(42-4)14-11-22)12-15-26(27)31(40)34-29(30-36-38-39-37-30)23-8-6-5-7-9-23/h10-18,23,29H,5-9H2,1-4H3,(H,34,40)(H2,33,35,41)(H,36,37,38,39)/t29-/m0/s1. The van der Waals surface area contributed by atoms with E-state index in [0.717, 1.165) is 64.9 Å². The highest BCUT2D eigenvalue weighted by Gasteiger charge is 2.30. The maximum Gasteiger partial charge on any atom is 0.323 e. The number of tetrazole rings is 1. The lowest BCUT2D eigenvalue weighted by atomic mass is 9.83. The van der Waals surface area contributed by atoms with Crippen molar-refractivity contribution in [3.05, 3.63) is 82.7 Å². The molecule has 4 aromatic rings. The van der Waals surface area contributed by atoms with Gasteiger partial charge in [-0.15, -0.1) is 10.2 Å². The van der Waals surface area contributed by atoms with Crippen LogP contribution in [-0.4, -0.2) is 39.7 Å². The minimum Gasteiger partial charge on any atom is -0.497 e. The van der Waals surface area contributed by atoms with E-state index in [0.29, 0.717) is 17.1 Å². The Labute approximate surface area is 245 Å². The first kappa shape index (κ1) is 28.8. The molecule has 1 aliphatic carbocycles. The minimum absolute atomic E-state index is 0.200. The van der Waals surface area contributed by atoms with E-state index in [4.69, 9.17) is 4.74 Å². The van der Waals surface area contributed by atoms with Crippen LogP contribution >= 0.6 is 0 Å². The molecule has 0 spiro atoms. The summed E-state index contributed by atoms with van der Waals surface area (Å²) < 4.78 is 5.30. The first-order valence-electron chi connectivity index (χ1n) is 14.3. The monoisotopic (exact) mass is 567 g/mol. The fourth-order valence-electron chi connectivity index (χ4n) is 5.83. The lowest BCUT2D eigenvalue weighted by Gasteiger charge is -2.29. The predicted molar refractivity (Wildman–Crippen MR) is 163 cm³/mol. The summed E-state index contributed by atoms with van der Waals surface area (Å²) >= 11 is 0. The third kappa shape index (κ3) is 6.59. The maximum atomic E-state index is 13.8. The predicted octanol–water partition coefficient (Wildman–Crippen LogP) is 6.50. The Bertz CT molecular complexity index is 1520. The van der Waals surface area contributed by atoms with Gasteiger partial charge in [-0.3, -0.25) is 4.79 Å². The van der Waals surface area contributed by atoms with Crippen LogP contribution in [0, 0.1) is 26.7 Å². The van der Waals surface area contributed by atoms with Crippen molar-refractivity contribution >= 4 is 23.3 Å². The molecule has 4 N–H and O–H groups in total. The molecular weight excluding hydrogens is 530 g/mol. The van der Waals surface area contributed by atoms with Gasteiger partial charge in [-0.2, -0.15) is 5.21 Å². The van der Waals surface area contributed by atoms with Gasteiger partial charge >= 0.3 is 6.03 Å². The van der Waals surface area contributed by atoms with Gasteiger partial charge in [0.1, 0.15) is 5.75 Å². The Balaban J connectivity index is 1.46. The van der Waals surface area contributed by atoms with Gasteiger partial charge in [0.05, 0.1) is 24.4 Å². The molecule has 1 fully saturated rings. The summed E-state index contributed by atoms with van der Waals surface area (Å²) in [6, 6.07) is 16.3. The average molecular weight is 568 g/mol. The summed E-state index contributed by atoms with van der Waals surface area (Å²) in [5.41, 5.74) is 6.27. The normalized spacial score (nSPS) is 14.2. The van der Waals surface area contributed by atoms with Crippen LogP contribution in [0.2, 0.25) is 0 Å². The Morgan fingerprint density at radius 2 is 1.60 bits per heavy atom. The highest BCUT2D eigenvalue weighted by Crippen LogP contribution is 2.34. The number of aromatic amines is 1. The highest BCUT2D eigenvalue weighted by atomic mass is 16.5. The molecule has 42 heavy (non-hydrogen) atoms. The molecule has 1 aromatic heterocycles. The number of hydrogen-bond donors (Lipinski definition) is 4. The average Bonchev–Trinajstić information content (AvgIpc) is 3.53. The van der Waals surface area contributed by atoms with Gasteiger partial charge in [0, 0.05) is 5.69 Å². The molecule has 0 unspecified atom stereocenters. The molecule has 1 heterocycles. The van der Waals surface area contributed by atoms with Crippen LogP contribution in [0.25, 0.3) is 11.1 Å². The van der Waals surface area contributed by atoms with Crippen LogP contribution in [0.15, 0.2) is 54.6 Å². The number of H-pyrrole nitrogens is 1. The van der Waals surface area contributed by atoms with Gasteiger partial charge in [0.25, 0.3) is 5.91 Å². The number of aryl methyl sites for hydroxylation is 3. The summed E-state index contributed by atoms with van der Waals surface area (Å²) in [4.78, 5) is 27.2. The summed E-state index contributed by atoms with van der Waals surface area (Å²) in [6.45, 7) is 5.94.